The predicted molar refractivity (Wildman–Crippen MR) is 21.3 cm³/mol. The Morgan fingerprint density at radius 3 is 2.00 bits per heavy atom. The molecule has 2 bridgehead atoms. The molecule has 2 aliphatic heterocycles. The van der Waals surface area contributed by atoms with Gasteiger partial charge in [0.2, 0.25) is 0 Å². The molecule has 0 amide bonds. The summed E-state index contributed by atoms with van der Waals surface area (Å²) in [6, 6.07) is 0. The summed E-state index contributed by atoms with van der Waals surface area (Å²) in [5.74, 6) is 0. The molecule has 0 aromatic rings. The van der Waals surface area contributed by atoms with Gasteiger partial charge in [-0.05, 0) is 0 Å². The van der Waals surface area contributed by atoms with Gasteiger partial charge < -0.3 is 0 Å². The van der Waals surface area contributed by atoms with Crippen molar-refractivity contribution >= 4 is 0 Å². The summed E-state index contributed by atoms with van der Waals surface area (Å²) in [7, 11) is 0. The topological polar surface area (TPSA) is 0 Å². The van der Waals surface area contributed by atoms with Crippen molar-refractivity contribution in [1.82, 2.24) is 0 Å². The van der Waals surface area contributed by atoms with E-state index in [1.807, 2.05) is 0 Å². The molecule has 3 rings (SSSR count). The number of hydrogen-bond acceptors (Lipinski definition) is 0. The predicted octanol–water partition coefficient (Wildman–Crippen LogP) is -2.21. The molecular formula is C5H6I-. The number of rotatable bonds is 0. The first-order chi connectivity index (χ1) is 2.95. The van der Waals surface area contributed by atoms with Crippen molar-refractivity contribution in [2.24, 2.45) is 0 Å². The van der Waals surface area contributed by atoms with Gasteiger partial charge in [0, 0.05) is 0 Å². The normalized spacial score (nSPS) is 50.7. The molecule has 2 atom stereocenters. The third kappa shape index (κ3) is 0.297. The molecule has 0 spiro atoms. The van der Waals surface area contributed by atoms with Crippen LogP contribution in [0.4, 0.5) is 0 Å². The van der Waals surface area contributed by atoms with Gasteiger partial charge in [0.05, 0.1) is 0 Å². The molecule has 1 aliphatic carbocycles. The Kier molecular flexibility index (Phi) is 0.576. The molecule has 2 heterocycles. The first-order valence-electron chi connectivity index (χ1n) is 2.25. The van der Waals surface area contributed by atoms with Crippen molar-refractivity contribution in [1.29, 1.82) is 0 Å². The van der Waals surface area contributed by atoms with Crippen molar-refractivity contribution in [3.8, 4) is 0 Å². The molecule has 0 aromatic carbocycles. The van der Waals surface area contributed by atoms with Gasteiger partial charge in [-0.25, -0.2) is 0 Å². The second-order valence-corrected chi connectivity index (χ2v) is 5.70. The maximum atomic E-state index is 2.40. The van der Waals surface area contributed by atoms with Crippen molar-refractivity contribution in [2.75, 3.05) is 0 Å². The zero-order chi connectivity index (χ0) is 3.98. The van der Waals surface area contributed by atoms with Crippen LogP contribution in [0.5, 0.6) is 0 Å². The van der Waals surface area contributed by atoms with Crippen molar-refractivity contribution in [3.05, 3.63) is 12.2 Å². The third-order valence-electron chi connectivity index (χ3n) is 1.30. The zero-order valence-corrected chi connectivity index (χ0v) is 5.55. The molecule has 6 heavy (non-hydrogen) atoms. The molecule has 1 fully saturated rings. The minimum absolute atomic E-state index is 0.666. The van der Waals surface area contributed by atoms with E-state index in [2.05, 4.69) is 12.2 Å². The van der Waals surface area contributed by atoms with Crippen LogP contribution in [-0.4, -0.2) is 7.85 Å². The SMILES string of the molecule is C1=CC2CC1[I-]2. The Balaban J connectivity index is 2.32. The van der Waals surface area contributed by atoms with E-state index in [1.54, 1.807) is 0 Å². The van der Waals surface area contributed by atoms with E-state index in [0.29, 0.717) is 21.2 Å². The molecule has 0 N–H and O–H groups in total. The van der Waals surface area contributed by atoms with Crippen LogP contribution in [-0.2, 0) is 0 Å². The van der Waals surface area contributed by atoms with E-state index < -0.39 is 0 Å². The van der Waals surface area contributed by atoms with E-state index in [1.165, 1.54) is 6.42 Å². The maximum absolute atomic E-state index is 2.40. The van der Waals surface area contributed by atoms with Gasteiger partial charge in [0.25, 0.3) is 0 Å². The molecule has 0 aromatic heterocycles. The van der Waals surface area contributed by atoms with E-state index in [9.17, 15) is 0 Å². The van der Waals surface area contributed by atoms with E-state index in [4.69, 9.17) is 0 Å². The van der Waals surface area contributed by atoms with Crippen molar-refractivity contribution in [2.45, 2.75) is 14.3 Å². The minimum atomic E-state index is 0.666. The molecular weight excluding hydrogens is 187 g/mol. The summed E-state index contributed by atoms with van der Waals surface area (Å²) in [6.07, 6.45) is 6.32. The fourth-order valence-electron chi connectivity index (χ4n) is 0.898. The number of allylic oxidation sites excluding steroid dienone is 2. The summed E-state index contributed by atoms with van der Waals surface area (Å²) in [5, 5.41) is 0. The molecule has 0 radical (unpaired) electrons. The van der Waals surface area contributed by atoms with Gasteiger partial charge in [0.1, 0.15) is 0 Å². The van der Waals surface area contributed by atoms with Gasteiger partial charge in [-0.1, -0.05) is 0 Å². The van der Waals surface area contributed by atoms with Gasteiger partial charge >= 0.3 is 47.6 Å². The second kappa shape index (κ2) is 0.997. The average molecular weight is 193 g/mol. The van der Waals surface area contributed by atoms with Crippen LogP contribution in [0.1, 0.15) is 6.42 Å². The molecule has 1 saturated heterocycles. The van der Waals surface area contributed by atoms with Gasteiger partial charge in [-0.2, -0.15) is 0 Å². The summed E-state index contributed by atoms with van der Waals surface area (Å²) < 4.78 is 2.24. The average Bonchev–Trinajstić information content (AvgIpc) is 1.72. The summed E-state index contributed by atoms with van der Waals surface area (Å²) in [6.45, 7) is 0. The molecule has 0 saturated carbocycles. The van der Waals surface area contributed by atoms with Gasteiger partial charge in [-0.15, -0.1) is 0 Å². The Bertz CT molecular complexity index is 80.1. The first-order valence-corrected chi connectivity index (χ1v) is 4.74. The van der Waals surface area contributed by atoms with Crippen LogP contribution in [0.3, 0.4) is 0 Å². The molecule has 3 aliphatic rings. The third-order valence-corrected chi connectivity index (χ3v) is 5.00. The van der Waals surface area contributed by atoms with E-state index >= 15 is 0 Å². The van der Waals surface area contributed by atoms with Gasteiger partial charge in [0.15, 0.2) is 0 Å². The van der Waals surface area contributed by atoms with Crippen LogP contribution in [0.25, 0.3) is 0 Å². The summed E-state index contributed by atoms with van der Waals surface area (Å²) >= 11 is 0.666. The van der Waals surface area contributed by atoms with Gasteiger partial charge in [-0.3, -0.25) is 0 Å². The Hall–Kier alpha value is 0.470. The standard InChI is InChI=1S/C5H6I/c1-2-5-3-4(1)6-5/h1-2,4-5H,3H2/q-1. The number of hydrogen-bond donors (Lipinski definition) is 0. The molecule has 1 heteroatoms. The van der Waals surface area contributed by atoms with Crippen LogP contribution in [0.15, 0.2) is 12.2 Å². The molecule has 34 valence electrons. The van der Waals surface area contributed by atoms with E-state index in [0.717, 1.165) is 7.85 Å². The van der Waals surface area contributed by atoms with Crippen LogP contribution < -0.4 is 21.2 Å². The molecule has 0 nitrogen and oxygen atoms in total. The van der Waals surface area contributed by atoms with Crippen LogP contribution >= 0.6 is 0 Å². The van der Waals surface area contributed by atoms with Crippen LogP contribution in [0, 0.1) is 0 Å². The quantitative estimate of drug-likeness (QED) is 0.232. The molecule has 2 unspecified atom stereocenters. The fourth-order valence-corrected chi connectivity index (χ4v) is 3.78. The second-order valence-electron chi connectivity index (χ2n) is 1.78. The number of alkyl halides is 2. The summed E-state index contributed by atoms with van der Waals surface area (Å²) in [5.41, 5.74) is 0. The van der Waals surface area contributed by atoms with E-state index in [-0.39, 0.29) is 0 Å². The van der Waals surface area contributed by atoms with Crippen LogP contribution in [0.2, 0.25) is 0 Å². The zero-order valence-electron chi connectivity index (χ0n) is 3.39. The fraction of sp³-hybridized carbons (Fsp3) is 0.600. The monoisotopic (exact) mass is 193 g/mol. The summed E-state index contributed by atoms with van der Waals surface area (Å²) in [4.78, 5) is 0. The Morgan fingerprint density at radius 1 is 1.33 bits per heavy atom. The number of halogens is 1. The first kappa shape index (κ1) is 3.47. The Labute approximate surface area is 47.9 Å². The van der Waals surface area contributed by atoms with Crippen molar-refractivity contribution in [3.63, 3.8) is 0 Å². The Morgan fingerprint density at radius 2 is 1.83 bits per heavy atom. The van der Waals surface area contributed by atoms with Crippen molar-refractivity contribution < 1.29 is 21.2 Å².